The molecule has 0 spiro atoms. The number of fused-ring (bicyclic) bond motifs is 1. The van der Waals surface area contributed by atoms with Crippen LogP contribution in [0.25, 0.3) is 11.0 Å². The van der Waals surface area contributed by atoms with E-state index >= 15 is 0 Å². The van der Waals surface area contributed by atoms with Crippen LogP contribution >= 0.6 is 0 Å². The minimum absolute atomic E-state index is 0.0623. The predicted octanol–water partition coefficient (Wildman–Crippen LogP) is 4.20. The number of anilines is 2. The van der Waals surface area contributed by atoms with E-state index in [9.17, 15) is 0 Å². The van der Waals surface area contributed by atoms with Gasteiger partial charge >= 0.3 is 0 Å². The quantitative estimate of drug-likeness (QED) is 0.765. The number of hydrogen-bond acceptors (Lipinski definition) is 3. The molecular formula is C17H20N4. The Morgan fingerprint density at radius 3 is 2.48 bits per heavy atom. The Kier molecular flexibility index (Phi) is 3.16. The van der Waals surface area contributed by atoms with E-state index in [0.717, 1.165) is 28.1 Å². The number of hydrogen-bond donors (Lipinski definition) is 1. The van der Waals surface area contributed by atoms with E-state index < -0.39 is 0 Å². The number of aryl methyl sites for hydroxylation is 1. The van der Waals surface area contributed by atoms with Crippen molar-refractivity contribution in [1.82, 2.24) is 15.2 Å². The highest BCUT2D eigenvalue weighted by Gasteiger charge is 2.26. The van der Waals surface area contributed by atoms with Gasteiger partial charge < -0.3 is 4.90 Å². The van der Waals surface area contributed by atoms with Crippen molar-refractivity contribution in [2.45, 2.75) is 33.2 Å². The molecule has 1 aromatic carbocycles. The first-order valence-electron chi connectivity index (χ1n) is 7.13. The topological polar surface area (TPSA) is 44.8 Å². The first kappa shape index (κ1) is 13.6. The molecule has 0 unspecified atom stereocenters. The van der Waals surface area contributed by atoms with E-state index in [2.05, 4.69) is 71.2 Å². The minimum Gasteiger partial charge on any atom is -0.334 e. The lowest BCUT2D eigenvalue weighted by Gasteiger charge is -2.38. The number of rotatable bonds is 2. The summed E-state index contributed by atoms with van der Waals surface area (Å²) < 4.78 is 0. The zero-order valence-corrected chi connectivity index (χ0v) is 12.9. The zero-order valence-electron chi connectivity index (χ0n) is 12.9. The van der Waals surface area contributed by atoms with Crippen molar-refractivity contribution >= 4 is 22.4 Å². The summed E-state index contributed by atoms with van der Waals surface area (Å²) in [6.07, 6.45) is 1.78. The zero-order chi connectivity index (χ0) is 15.0. The van der Waals surface area contributed by atoms with Gasteiger partial charge in [0.2, 0.25) is 0 Å². The van der Waals surface area contributed by atoms with Crippen molar-refractivity contribution in [2.24, 2.45) is 0 Å². The van der Waals surface area contributed by atoms with E-state index in [4.69, 9.17) is 0 Å². The molecule has 0 fully saturated rings. The van der Waals surface area contributed by atoms with Crippen molar-refractivity contribution in [2.75, 3.05) is 4.90 Å². The maximum absolute atomic E-state index is 4.53. The molecule has 0 amide bonds. The predicted molar refractivity (Wildman–Crippen MR) is 87.0 cm³/mol. The molecule has 2 aromatic heterocycles. The van der Waals surface area contributed by atoms with Gasteiger partial charge in [0.1, 0.15) is 11.0 Å². The number of benzene rings is 1. The molecule has 0 saturated heterocycles. The van der Waals surface area contributed by atoms with Crippen LogP contribution in [0.3, 0.4) is 0 Å². The molecule has 0 saturated carbocycles. The summed E-state index contributed by atoms with van der Waals surface area (Å²) in [5.74, 6) is 0. The number of nitrogens with zero attached hydrogens (tertiary/aromatic N) is 3. The van der Waals surface area contributed by atoms with Crippen LogP contribution in [0, 0.1) is 6.92 Å². The molecule has 4 heteroatoms. The van der Waals surface area contributed by atoms with Gasteiger partial charge in [-0.05, 0) is 45.9 Å². The largest absolute Gasteiger partial charge is 0.334 e. The third kappa shape index (κ3) is 2.49. The van der Waals surface area contributed by atoms with Gasteiger partial charge in [-0.3, -0.25) is 5.10 Å². The lowest BCUT2D eigenvalue weighted by molar-refractivity contribution is 0.561. The molecule has 21 heavy (non-hydrogen) atoms. The molecule has 1 N–H and O–H groups in total. The fraction of sp³-hybridized carbons (Fsp3) is 0.294. The second-order valence-electron chi connectivity index (χ2n) is 6.25. The van der Waals surface area contributed by atoms with Crippen LogP contribution in [0.2, 0.25) is 0 Å². The molecule has 0 aliphatic rings. The Bertz CT molecular complexity index is 753. The number of aromatic amines is 1. The molecule has 4 nitrogen and oxygen atoms in total. The van der Waals surface area contributed by atoms with Crippen LogP contribution in [-0.4, -0.2) is 20.7 Å². The first-order chi connectivity index (χ1) is 9.97. The molecule has 3 aromatic rings. The van der Waals surface area contributed by atoms with Crippen LogP contribution in [0.1, 0.15) is 26.5 Å². The Morgan fingerprint density at radius 1 is 1.10 bits per heavy atom. The van der Waals surface area contributed by atoms with E-state index in [0.29, 0.717) is 0 Å². The van der Waals surface area contributed by atoms with Gasteiger partial charge in [-0.25, -0.2) is 4.98 Å². The number of pyridine rings is 1. The molecule has 3 rings (SSSR count). The van der Waals surface area contributed by atoms with Crippen LogP contribution in [0.5, 0.6) is 0 Å². The van der Waals surface area contributed by atoms with E-state index in [1.807, 2.05) is 13.0 Å². The normalized spacial score (nSPS) is 11.8. The maximum atomic E-state index is 4.53. The molecular weight excluding hydrogens is 260 g/mol. The Morgan fingerprint density at radius 2 is 1.81 bits per heavy atom. The van der Waals surface area contributed by atoms with E-state index in [-0.39, 0.29) is 5.54 Å². The molecule has 2 heterocycles. The Hall–Kier alpha value is -2.36. The summed E-state index contributed by atoms with van der Waals surface area (Å²) in [7, 11) is 0. The van der Waals surface area contributed by atoms with Crippen LogP contribution in [0.15, 0.2) is 42.6 Å². The van der Waals surface area contributed by atoms with Crippen molar-refractivity contribution in [3.8, 4) is 0 Å². The maximum Gasteiger partial charge on any atom is 0.110 e. The Labute approximate surface area is 124 Å². The molecule has 0 aliphatic carbocycles. The summed E-state index contributed by atoms with van der Waals surface area (Å²) in [6.45, 7) is 8.63. The second-order valence-corrected chi connectivity index (χ2v) is 6.25. The molecule has 0 aliphatic heterocycles. The third-order valence-electron chi connectivity index (χ3n) is 3.44. The first-order valence-corrected chi connectivity index (χ1v) is 7.13. The van der Waals surface area contributed by atoms with Crippen LogP contribution in [-0.2, 0) is 0 Å². The van der Waals surface area contributed by atoms with Gasteiger partial charge in [-0.1, -0.05) is 18.2 Å². The summed E-state index contributed by atoms with van der Waals surface area (Å²) in [4.78, 5) is 6.86. The minimum atomic E-state index is -0.0623. The highest BCUT2D eigenvalue weighted by molar-refractivity contribution is 5.91. The summed E-state index contributed by atoms with van der Waals surface area (Å²) in [5.41, 5.74) is 5.06. The lowest BCUT2D eigenvalue weighted by Crippen LogP contribution is -2.37. The average Bonchev–Trinajstić information content (AvgIpc) is 2.86. The van der Waals surface area contributed by atoms with E-state index in [1.54, 1.807) is 6.20 Å². The fourth-order valence-corrected chi connectivity index (χ4v) is 2.69. The van der Waals surface area contributed by atoms with Gasteiger partial charge in [0.05, 0.1) is 11.9 Å². The van der Waals surface area contributed by atoms with Gasteiger partial charge in [-0.2, -0.15) is 5.10 Å². The van der Waals surface area contributed by atoms with Crippen molar-refractivity contribution in [3.63, 3.8) is 0 Å². The van der Waals surface area contributed by atoms with Gasteiger partial charge in [0.15, 0.2) is 0 Å². The number of nitrogens with one attached hydrogen (secondary N) is 1. The van der Waals surface area contributed by atoms with E-state index in [1.165, 1.54) is 0 Å². The highest BCUT2D eigenvalue weighted by Crippen LogP contribution is 2.36. The average molecular weight is 280 g/mol. The summed E-state index contributed by atoms with van der Waals surface area (Å²) >= 11 is 0. The number of H-pyrrole nitrogens is 1. The summed E-state index contributed by atoms with van der Waals surface area (Å²) in [6, 6.07) is 12.5. The van der Waals surface area contributed by atoms with Gasteiger partial charge in [0.25, 0.3) is 0 Å². The van der Waals surface area contributed by atoms with Gasteiger partial charge in [-0.15, -0.1) is 0 Å². The fourth-order valence-electron chi connectivity index (χ4n) is 2.69. The highest BCUT2D eigenvalue weighted by atomic mass is 15.2. The van der Waals surface area contributed by atoms with Crippen LogP contribution < -0.4 is 4.90 Å². The lowest BCUT2D eigenvalue weighted by atomic mass is 10.0. The molecule has 0 atom stereocenters. The SMILES string of the molecule is Cc1cc(N(c2ccccc2)C(C)(C)C)c2[nH]ncc2n1. The van der Waals surface area contributed by atoms with Crippen molar-refractivity contribution in [3.05, 3.63) is 48.3 Å². The molecule has 108 valence electrons. The standard InChI is InChI=1S/C17H20N4/c1-12-10-15(16-14(19-12)11-18-20-16)21(17(2,3)4)13-8-6-5-7-9-13/h5-11H,1-4H3,(H,18,20). The second kappa shape index (κ2) is 4.88. The number of para-hydroxylation sites is 1. The summed E-state index contributed by atoms with van der Waals surface area (Å²) in [5, 5.41) is 7.23. The van der Waals surface area contributed by atoms with Crippen molar-refractivity contribution in [1.29, 1.82) is 0 Å². The smallest absolute Gasteiger partial charge is 0.110 e. The Balaban J connectivity index is 2.27. The molecule has 0 bridgehead atoms. The van der Waals surface area contributed by atoms with Crippen LogP contribution in [0.4, 0.5) is 11.4 Å². The van der Waals surface area contributed by atoms with Crippen molar-refractivity contribution < 1.29 is 0 Å². The molecule has 0 radical (unpaired) electrons. The number of aromatic nitrogens is 3. The van der Waals surface area contributed by atoms with Gasteiger partial charge in [0, 0.05) is 16.9 Å². The third-order valence-corrected chi connectivity index (χ3v) is 3.44. The monoisotopic (exact) mass is 280 g/mol.